The third-order valence-electron chi connectivity index (χ3n) is 4.09. The standard InChI is InChI=1S/C20H19N5O4S/c1-25-16(11-21-18(27)13-6-3-2-4-7-13)23-24-20(25)30-12-17(26)22-15-9-5-8-14(10-15)19(28)29/h2-10H,11-12H2,1H3,(H,21,27)(H,22,26)(H,28,29). The van der Waals surface area contributed by atoms with Gasteiger partial charge in [0, 0.05) is 18.3 Å². The molecule has 0 bridgehead atoms. The number of carboxylic acid groups (broad SMARTS) is 1. The zero-order chi connectivity index (χ0) is 21.5. The van der Waals surface area contributed by atoms with Crippen molar-refractivity contribution in [3.8, 4) is 0 Å². The van der Waals surface area contributed by atoms with Gasteiger partial charge in [0.1, 0.15) is 0 Å². The molecule has 0 fully saturated rings. The molecule has 0 radical (unpaired) electrons. The topological polar surface area (TPSA) is 126 Å². The number of aromatic nitrogens is 3. The lowest BCUT2D eigenvalue weighted by atomic mass is 10.2. The molecule has 3 N–H and O–H groups in total. The highest BCUT2D eigenvalue weighted by Gasteiger charge is 2.13. The molecule has 154 valence electrons. The fraction of sp³-hybridized carbons (Fsp3) is 0.150. The Kier molecular flexibility index (Phi) is 6.81. The fourth-order valence-electron chi connectivity index (χ4n) is 2.53. The Morgan fingerprint density at radius 2 is 1.77 bits per heavy atom. The van der Waals surface area contributed by atoms with Crippen LogP contribution in [0.15, 0.2) is 59.8 Å². The second-order valence-electron chi connectivity index (χ2n) is 6.23. The van der Waals surface area contributed by atoms with E-state index in [0.29, 0.717) is 22.2 Å². The Morgan fingerprint density at radius 3 is 2.50 bits per heavy atom. The van der Waals surface area contributed by atoms with E-state index < -0.39 is 5.97 Å². The number of rotatable bonds is 8. The summed E-state index contributed by atoms with van der Waals surface area (Å²) in [6.45, 7) is 0.200. The van der Waals surface area contributed by atoms with E-state index in [0.717, 1.165) is 0 Å². The number of carbonyl (C=O) groups is 3. The van der Waals surface area contributed by atoms with Gasteiger partial charge in [0.2, 0.25) is 5.91 Å². The lowest BCUT2D eigenvalue weighted by Gasteiger charge is -2.07. The Morgan fingerprint density at radius 1 is 1.03 bits per heavy atom. The molecule has 0 aliphatic carbocycles. The molecule has 0 unspecified atom stereocenters. The Balaban J connectivity index is 1.52. The largest absolute Gasteiger partial charge is 0.478 e. The van der Waals surface area contributed by atoms with E-state index in [9.17, 15) is 14.4 Å². The van der Waals surface area contributed by atoms with Gasteiger partial charge >= 0.3 is 5.97 Å². The number of carbonyl (C=O) groups excluding carboxylic acids is 2. The van der Waals surface area contributed by atoms with Gasteiger partial charge in [0.15, 0.2) is 11.0 Å². The maximum absolute atomic E-state index is 12.2. The molecule has 0 aliphatic rings. The zero-order valence-electron chi connectivity index (χ0n) is 16.0. The van der Waals surface area contributed by atoms with Crippen molar-refractivity contribution in [3.05, 3.63) is 71.5 Å². The molecule has 0 aliphatic heterocycles. The second kappa shape index (κ2) is 9.70. The summed E-state index contributed by atoms with van der Waals surface area (Å²) in [5, 5.41) is 23.1. The number of amides is 2. The predicted octanol–water partition coefficient (Wildman–Crippen LogP) is 2.17. The van der Waals surface area contributed by atoms with Crippen LogP contribution in [0.4, 0.5) is 5.69 Å². The SMILES string of the molecule is Cn1c(CNC(=O)c2ccccc2)nnc1SCC(=O)Nc1cccc(C(=O)O)c1. The number of anilines is 1. The van der Waals surface area contributed by atoms with Crippen molar-refractivity contribution in [2.24, 2.45) is 7.05 Å². The molecule has 1 heterocycles. The molecule has 1 aromatic heterocycles. The maximum Gasteiger partial charge on any atom is 0.335 e. The number of carboxylic acids is 1. The van der Waals surface area contributed by atoms with Gasteiger partial charge in [-0.1, -0.05) is 36.0 Å². The third kappa shape index (κ3) is 5.45. The minimum atomic E-state index is -1.06. The molecule has 9 nitrogen and oxygen atoms in total. The van der Waals surface area contributed by atoms with Gasteiger partial charge in [-0.25, -0.2) is 4.79 Å². The van der Waals surface area contributed by atoms with Crippen LogP contribution in [0.2, 0.25) is 0 Å². The van der Waals surface area contributed by atoms with E-state index in [2.05, 4.69) is 20.8 Å². The minimum Gasteiger partial charge on any atom is -0.478 e. The zero-order valence-corrected chi connectivity index (χ0v) is 16.8. The number of thioether (sulfide) groups is 1. The lowest BCUT2D eigenvalue weighted by Crippen LogP contribution is -2.24. The number of aromatic carboxylic acids is 1. The van der Waals surface area contributed by atoms with Crippen LogP contribution in [-0.2, 0) is 18.4 Å². The van der Waals surface area contributed by atoms with Gasteiger partial charge < -0.3 is 20.3 Å². The summed E-state index contributed by atoms with van der Waals surface area (Å²) in [6, 6.07) is 14.9. The summed E-state index contributed by atoms with van der Waals surface area (Å²) in [6.07, 6.45) is 0. The molecule has 2 amide bonds. The van der Waals surface area contributed by atoms with Crippen LogP contribution in [0.1, 0.15) is 26.5 Å². The van der Waals surface area contributed by atoms with Crippen molar-refractivity contribution in [2.45, 2.75) is 11.7 Å². The fourth-order valence-corrected chi connectivity index (χ4v) is 3.26. The average Bonchev–Trinajstić information content (AvgIpc) is 3.10. The van der Waals surface area contributed by atoms with E-state index in [-0.39, 0.29) is 29.7 Å². The molecule has 30 heavy (non-hydrogen) atoms. The summed E-state index contributed by atoms with van der Waals surface area (Å²) < 4.78 is 1.70. The van der Waals surface area contributed by atoms with Crippen LogP contribution >= 0.6 is 11.8 Å². The highest BCUT2D eigenvalue weighted by molar-refractivity contribution is 7.99. The van der Waals surface area contributed by atoms with Gasteiger partial charge in [-0.05, 0) is 30.3 Å². The van der Waals surface area contributed by atoms with E-state index in [1.807, 2.05) is 6.07 Å². The van der Waals surface area contributed by atoms with Gasteiger partial charge in [0.05, 0.1) is 17.9 Å². The van der Waals surface area contributed by atoms with E-state index in [1.165, 1.54) is 23.9 Å². The monoisotopic (exact) mass is 425 g/mol. The van der Waals surface area contributed by atoms with Crippen molar-refractivity contribution in [1.29, 1.82) is 0 Å². The van der Waals surface area contributed by atoms with Crippen LogP contribution in [-0.4, -0.2) is 43.4 Å². The van der Waals surface area contributed by atoms with Gasteiger partial charge in [-0.3, -0.25) is 9.59 Å². The molecule has 3 rings (SSSR count). The number of benzene rings is 2. The average molecular weight is 425 g/mol. The highest BCUT2D eigenvalue weighted by Crippen LogP contribution is 2.17. The van der Waals surface area contributed by atoms with Crippen molar-refractivity contribution < 1.29 is 19.5 Å². The first kappa shape index (κ1) is 21.1. The molecule has 0 saturated heterocycles. The van der Waals surface area contributed by atoms with Crippen molar-refractivity contribution in [3.63, 3.8) is 0 Å². The summed E-state index contributed by atoms with van der Waals surface area (Å²) in [5.74, 6) is -0.956. The Bertz CT molecular complexity index is 1070. The van der Waals surface area contributed by atoms with Crippen LogP contribution < -0.4 is 10.6 Å². The first-order chi connectivity index (χ1) is 14.4. The Labute approximate surface area is 176 Å². The Hall–Kier alpha value is -3.66. The molecule has 2 aromatic carbocycles. The first-order valence-electron chi connectivity index (χ1n) is 8.91. The van der Waals surface area contributed by atoms with Crippen LogP contribution in [0.25, 0.3) is 0 Å². The van der Waals surface area contributed by atoms with E-state index >= 15 is 0 Å². The lowest BCUT2D eigenvalue weighted by molar-refractivity contribution is -0.113. The maximum atomic E-state index is 12.2. The molecular weight excluding hydrogens is 406 g/mol. The second-order valence-corrected chi connectivity index (χ2v) is 7.17. The summed E-state index contributed by atoms with van der Waals surface area (Å²) in [5.41, 5.74) is 1.05. The third-order valence-corrected chi connectivity index (χ3v) is 5.11. The molecule has 3 aromatic rings. The highest BCUT2D eigenvalue weighted by atomic mass is 32.2. The summed E-state index contributed by atoms with van der Waals surface area (Å²) in [7, 11) is 1.75. The van der Waals surface area contributed by atoms with Crippen LogP contribution in [0.3, 0.4) is 0 Å². The van der Waals surface area contributed by atoms with Crippen molar-refractivity contribution in [1.82, 2.24) is 20.1 Å². The summed E-state index contributed by atoms with van der Waals surface area (Å²) in [4.78, 5) is 35.3. The van der Waals surface area contributed by atoms with Gasteiger partial charge in [-0.15, -0.1) is 10.2 Å². The normalized spacial score (nSPS) is 10.4. The van der Waals surface area contributed by atoms with Crippen LogP contribution in [0, 0.1) is 0 Å². The number of hydrogen-bond acceptors (Lipinski definition) is 6. The molecule has 0 spiro atoms. The summed E-state index contributed by atoms with van der Waals surface area (Å²) >= 11 is 1.18. The number of nitrogens with zero attached hydrogens (tertiary/aromatic N) is 3. The minimum absolute atomic E-state index is 0.0691. The number of hydrogen-bond donors (Lipinski definition) is 3. The molecule has 0 saturated carbocycles. The van der Waals surface area contributed by atoms with Crippen LogP contribution in [0.5, 0.6) is 0 Å². The predicted molar refractivity (Wildman–Crippen MR) is 111 cm³/mol. The smallest absolute Gasteiger partial charge is 0.335 e. The quantitative estimate of drug-likeness (QED) is 0.472. The van der Waals surface area contributed by atoms with E-state index in [1.54, 1.807) is 48.0 Å². The molecule has 0 atom stereocenters. The molecule has 10 heteroatoms. The van der Waals surface area contributed by atoms with Crippen molar-refractivity contribution in [2.75, 3.05) is 11.1 Å². The first-order valence-corrected chi connectivity index (χ1v) is 9.90. The van der Waals surface area contributed by atoms with Gasteiger partial charge in [-0.2, -0.15) is 0 Å². The number of nitrogens with one attached hydrogen (secondary N) is 2. The van der Waals surface area contributed by atoms with Gasteiger partial charge in [0.25, 0.3) is 5.91 Å². The van der Waals surface area contributed by atoms with Crippen molar-refractivity contribution >= 4 is 35.2 Å². The molecular formula is C20H19N5O4S. The van der Waals surface area contributed by atoms with E-state index in [4.69, 9.17) is 5.11 Å².